The lowest BCUT2D eigenvalue weighted by atomic mass is 10.1. The Morgan fingerprint density at radius 1 is 1.21 bits per heavy atom. The highest BCUT2D eigenvalue weighted by atomic mass is 32.2. The lowest BCUT2D eigenvalue weighted by Gasteiger charge is -2.25. The number of aryl methyl sites for hydroxylation is 1. The summed E-state index contributed by atoms with van der Waals surface area (Å²) < 4.78 is 1.30. The highest BCUT2D eigenvalue weighted by Gasteiger charge is 2.24. The van der Waals surface area contributed by atoms with E-state index in [0.29, 0.717) is 35.8 Å². The molecule has 2 aromatic rings. The molecule has 0 radical (unpaired) electrons. The van der Waals surface area contributed by atoms with Gasteiger partial charge in [0.05, 0.1) is 0 Å². The zero-order valence-electron chi connectivity index (χ0n) is 20.0. The minimum absolute atomic E-state index is 0.00469. The van der Waals surface area contributed by atoms with Crippen LogP contribution in [0.1, 0.15) is 57.7 Å². The van der Waals surface area contributed by atoms with Gasteiger partial charge in [-0.3, -0.25) is 23.9 Å². The van der Waals surface area contributed by atoms with Crippen LogP contribution in [0.15, 0.2) is 19.5 Å². The predicted molar refractivity (Wildman–Crippen MR) is 132 cm³/mol. The molecule has 1 amide bonds. The quantitative estimate of drug-likeness (QED) is 0.331. The highest BCUT2D eigenvalue weighted by Crippen LogP contribution is 2.20. The van der Waals surface area contributed by atoms with Crippen molar-refractivity contribution in [3.05, 3.63) is 42.4 Å². The Balaban J connectivity index is 2.41. The molecule has 0 aromatic carbocycles. The SMILES string of the molecule is CCCCn1c(N)c(N(CCC(C)C)C(=O)CCc2c(C)nc(SC)[nH]c2=O)c(=O)[nH]c1=O. The van der Waals surface area contributed by atoms with Crippen molar-refractivity contribution in [2.75, 3.05) is 23.4 Å². The van der Waals surface area contributed by atoms with Crippen LogP contribution in [-0.4, -0.2) is 38.2 Å². The van der Waals surface area contributed by atoms with Crippen LogP contribution in [0, 0.1) is 12.8 Å². The van der Waals surface area contributed by atoms with E-state index in [9.17, 15) is 19.2 Å². The topological polar surface area (TPSA) is 147 Å². The van der Waals surface area contributed by atoms with E-state index in [1.807, 2.05) is 27.0 Å². The normalized spacial score (nSPS) is 11.2. The number of anilines is 2. The minimum Gasteiger partial charge on any atom is -0.383 e. The number of nitrogens with one attached hydrogen (secondary N) is 2. The van der Waals surface area contributed by atoms with Gasteiger partial charge >= 0.3 is 5.69 Å². The molecular weight excluding hydrogens is 444 g/mol. The molecule has 0 aliphatic carbocycles. The van der Waals surface area contributed by atoms with Gasteiger partial charge in [0, 0.05) is 30.8 Å². The average Bonchev–Trinajstić information content (AvgIpc) is 2.74. The number of amides is 1. The average molecular weight is 479 g/mol. The summed E-state index contributed by atoms with van der Waals surface area (Å²) in [5.41, 5.74) is 5.66. The second kappa shape index (κ2) is 11.9. The molecule has 11 heteroatoms. The van der Waals surface area contributed by atoms with E-state index in [-0.39, 0.29) is 48.3 Å². The van der Waals surface area contributed by atoms with Crippen LogP contribution < -0.4 is 27.4 Å². The minimum atomic E-state index is -0.692. The summed E-state index contributed by atoms with van der Waals surface area (Å²) in [7, 11) is 0. The Hall–Kier alpha value is -2.82. The van der Waals surface area contributed by atoms with Gasteiger partial charge in [0.2, 0.25) is 5.91 Å². The smallest absolute Gasteiger partial charge is 0.330 e. The number of hydrogen-bond acceptors (Lipinski definition) is 7. The standard InChI is InChI=1S/C22H34N6O4S/c1-6-7-11-28-18(23)17(20(31)26-22(28)32)27(12-10-13(2)3)16(29)9-8-15-14(4)24-21(33-5)25-19(15)30/h13H,6-12,23H2,1-5H3,(H,24,25,30)(H,26,31,32). The molecule has 33 heavy (non-hydrogen) atoms. The van der Waals surface area contributed by atoms with E-state index in [2.05, 4.69) is 15.0 Å². The predicted octanol–water partition coefficient (Wildman–Crippen LogP) is 2.04. The third kappa shape index (κ3) is 6.59. The summed E-state index contributed by atoms with van der Waals surface area (Å²) in [5, 5.41) is 0.514. The number of nitrogens with zero attached hydrogens (tertiary/aromatic N) is 3. The Labute approximate surface area is 197 Å². The number of hydrogen-bond donors (Lipinski definition) is 3. The lowest BCUT2D eigenvalue weighted by molar-refractivity contribution is -0.118. The van der Waals surface area contributed by atoms with Crippen molar-refractivity contribution in [2.45, 2.75) is 71.5 Å². The number of carbonyl (C=O) groups excluding carboxylic acids is 1. The first-order chi connectivity index (χ1) is 15.6. The molecule has 2 heterocycles. The Morgan fingerprint density at radius 3 is 2.48 bits per heavy atom. The fourth-order valence-electron chi connectivity index (χ4n) is 3.47. The Kier molecular flexibility index (Phi) is 9.51. The number of nitrogens with two attached hydrogens (primary N) is 1. The van der Waals surface area contributed by atoms with Gasteiger partial charge in [-0.1, -0.05) is 39.0 Å². The Bertz CT molecular complexity index is 1150. The lowest BCUT2D eigenvalue weighted by Crippen LogP contribution is -2.42. The third-order valence-electron chi connectivity index (χ3n) is 5.43. The van der Waals surface area contributed by atoms with Crippen molar-refractivity contribution in [1.29, 1.82) is 0 Å². The molecule has 0 atom stereocenters. The van der Waals surface area contributed by atoms with Gasteiger partial charge in [-0.2, -0.15) is 0 Å². The summed E-state index contributed by atoms with van der Waals surface area (Å²) in [4.78, 5) is 61.4. The molecule has 182 valence electrons. The number of unbranched alkanes of at least 4 members (excludes halogenated alkanes) is 1. The van der Waals surface area contributed by atoms with Crippen LogP contribution in [0.5, 0.6) is 0 Å². The third-order valence-corrected chi connectivity index (χ3v) is 6.01. The Morgan fingerprint density at radius 2 is 1.91 bits per heavy atom. The van der Waals surface area contributed by atoms with Crippen LogP contribution in [0.4, 0.5) is 11.5 Å². The van der Waals surface area contributed by atoms with Gasteiger partial charge in [-0.05, 0) is 38.4 Å². The van der Waals surface area contributed by atoms with Crippen LogP contribution >= 0.6 is 11.8 Å². The van der Waals surface area contributed by atoms with Gasteiger partial charge < -0.3 is 15.6 Å². The first-order valence-electron chi connectivity index (χ1n) is 11.2. The van der Waals surface area contributed by atoms with Crippen molar-refractivity contribution in [3.63, 3.8) is 0 Å². The van der Waals surface area contributed by atoms with Crippen LogP contribution in [-0.2, 0) is 17.8 Å². The van der Waals surface area contributed by atoms with E-state index in [0.717, 1.165) is 6.42 Å². The van der Waals surface area contributed by atoms with Gasteiger partial charge in [0.15, 0.2) is 10.8 Å². The summed E-state index contributed by atoms with van der Waals surface area (Å²) >= 11 is 1.33. The van der Waals surface area contributed by atoms with Crippen molar-refractivity contribution in [2.24, 2.45) is 5.92 Å². The van der Waals surface area contributed by atoms with Crippen molar-refractivity contribution >= 4 is 29.2 Å². The molecule has 2 rings (SSSR count). The zero-order chi connectivity index (χ0) is 24.7. The number of carbonyl (C=O) groups is 1. The van der Waals surface area contributed by atoms with E-state index in [4.69, 9.17) is 5.73 Å². The van der Waals surface area contributed by atoms with Gasteiger partial charge in [-0.25, -0.2) is 9.78 Å². The maximum atomic E-state index is 13.3. The zero-order valence-corrected chi connectivity index (χ0v) is 20.8. The number of H-pyrrole nitrogens is 2. The molecule has 0 aliphatic rings. The molecule has 0 saturated heterocycles. The maximum absolute atomic E-state index is 13.3. The monoisotopic (exact) mass is 478 g/mol. The molecule has 0 spiro atoms. The molecule has 0 unspecified atom stereocenters. The number of aromatic amines is 2. The molecule has 4 N–H and O–H groups in total. The van der Waals surface area contributed by atoms with E-state index < -0.39 is 11.2 Å². The second-order valence-corrected chi connectivity index (χ2v) is 9.16. The van der Waals surface area contributed by atoms with Gasteiger partial charge in [-0.15, -0.1) is 0 Å². The molecular formula is C22H34N6O4S. The molecule has 0 aliphatic heterocycles. The van der Waals surface area contributed by atoms with Gasteiger partial charge in [0.25, 0.3) is 11.1 Å². The van der Waals surface area contributed by atoms with Gasteiger partial charge in [0.1, 0.15) is 5.82 Å². The summed E-state index contributed by atoms with van der Waals surface area (Å²) in [6.07, 6.45) is 4.17. The first-order valence-corrected chi connectivity index (χ1v) is 12.4. The van der Waals surface area contributed by atoms with E-state index in [1.165, 1.54) is 21.2 Å². The second-order valence-electron chi connectivity index (χ2n) is 8.37. The fourth-order valence-corrected chi connectivity index (χ4v) is 3.89. The van der Waals surface area contributed by atoms with Crippen molar-refractivity contribution < 1.29 is 4.79 Å². The molecule has 0 saturated carbocycles. The van der Waals surface area contributed by atoms with Crippen LogP contribution in [0.2, 0.25) is 0 Å². The summed E-state index contributed by atoms with van der Waals surface area (Å²) in [5.74, 6) is -0.0874. The van der Waals surface area contributed by atoms with Crippen LogP contribution in [0.3, 0.4) is 0 Å². The summed E-state index contributed by atoms with van der Waals surface area (Å²) in [6, 6.07) is 0. The fraction of sp³-hybridized carbons (Fsp3) is 0.591. The maximum Gasteiger partial charge on any atom is 0.330 e. The first kappa shape index (κ1) is 26.4. The molecule has 0 fully saturated rings. The number of thioether (sulfide) groups is 1. The number of aromatic nitrogens is 4. The number of rotatable bonds is 11. The number of nitrogen functional groups attached to an aromatic ring is 1. The largest absolute Gasteiger partial charge is 0.383 e. The van der Waals surface area contributed by atoms with Crippen LogP contribution in [0.25, 0.3) is 0 Å². The van der Waals surface area contributed by atoms with E-state index in [1.54, 1.807) is 6.92 Å². The molecule has 10 nitrogen and oxygen atoms in total. The molecule has 2 aromatic heterocycles. The van der Waals surface area contributed by atoms with E-state index >= 15 is 0 Å². The van der Waals surface area contributed by atoms with Crippen molar-refractivity contribution in [3.8, 4) is 0 Å². The molecule has 0 bridgehead atoms. The highest BCUT2D eigenvalue weighted by molar-refractivity contribution is 7.98. The summed E-state index contributed by atoms with van der Waals surface area (Å²) in [6.45, 7) is 8.36. The van der Waals surface area contributed by atoms with Crippen molar-refractivity contribution in [1.82, 2.24) is 19.5 Å².